The number of amides is 1. The fourth-order valence-corrected chi connectivity index (χ4v) is 3.33. The third-order valence-corrected chi connectivity index (χ3v) is 4.70. The van der Waals surface area contributed by atoms with Crippen LogP contribution in [0.15, 0.2) is 23.2 Å². The molecule has 1 aromatic rings. The number of benzene rings is 1. The summed E-state index contributed by atoms with van der Waals surface area (Å²) >= 11 is 0. The van der Waals surface area contributed by atoms with Gasteiger partial charge in [0.2, 0.25) is 5.91 Å². The maximum Gasteiger partial charge on any atom is 0.221 e. The van der Waals surface area contributed by atoms with E-state index in [1.54, 1.807) is 0 Å². The number of carbonyl (C=O) groups excluding carboxylic acids is 1. The third kappa shape index (κ3) is 7.79. The van der Waals surface area contributed by atoms with E-state index in [1.807, 2.05) is 20.8 Å². The zero-order chi connectivity index (χ0) is 20.4. The van der Waals surface area contributed by atoms with E-state index in [4.69, 9.17) is 4.74 Å². The van der Waals surface area contributed by atoms with Crippen molar-refractivity contribution in [3.8, 4) is 5.75 Å². The quantitative estimate of drug-likeness (QED) is 0.448. The first-order chi connectivity index (χ1) is 13.5. The molecule has 1 amide bonds. The zero-order valence-electron chi connectivity index (χ0n) is 17.8. The molecule has 1 aliphatic carbocycles. The smallest absolute Gasteiger partial charge is 0.221 e. The van der Waals surface area contributed by atoms with Crippen LogP contribution in [0.1, 0.15) is 64.0 Å². The van der Waals surface area contributed by atoms with E-state index in [9.17, 15) is 4.79 Å². The molecule has 156 valence electrons. The van der Waals surface area contributed by atoms with Gasteiger partial charge in [0.25, 0.3) is 0 Å². The maximum atomic E-state index is 12.1. The number of aryl methyl sites for hydroxylation is 1. The van der Waals surface area contributed by atoms with Crippen molar-refractivity contribution in [3.63, 3.8) is 0 Å². The lowest BCUT2D eigenvalue weighted by Gasteiger charge is -2.16. The van der Waals surface area contributed by atoms with Gasteiger partial charge in [-0.1, -0.05) is 25.0 Å². The summed E-state index contributed by atoms with van der Waals surface area (Å²) in [5.41, 5.74) is 2.22. The molecule has 0 unspecified atom stereocenters. The minimum atomic E-state index is 0.112. The number of guanidine groups is 1. The van der Waals surface area contributed by atoms with Crippen molar-refractivity contribution in [1.82, 2.24) is 16.0 Å². The van der Waals surface area contributed by atoms with E-state index in [0.717, 1.165) is 30.7 Å². The monoisotopic (exact) mass is 388 g/mol. The second kappa shape index (κ2) is 11.6. The van der Waals surface area contributed by atoms with Crippen LogP contribution in [-0.2, 0) is 11.3 Å². The van der Waals surface area contributed by atoms with Crippen LogP contribution in [0.3, 0.4) is 0 Å². The number of carbonyl (C=O) groups is 1. The van der Waals surface area contributed by atoms with Gasteiger partial charge in [-0.15, -0.1) is 0 Å². The van der Waals surface area contributed by atoms with Gasteiger partial charge < -0.3 is 20.7 Å². The van der Waals surface area contributed by atoms with Crippen LogP contribution in [0, 0.1) is 6.92 Å². The lowest BCUT2D eigenvalue weighted by atomic mass is 10.1. The molecule has 0 aromatic heterocycles. The second-order valence-electron chi connectivity index (χ2n) is 7.70. The summed E-state index contributed by atoms with van der Waals surface area (Å²) in [7, 11) is 0. The van der Waals surface area contributed by atoms with Crippen LogP contribution in [0.5, 0.6) is 5.75 Å². The van der Waals surface area contributed by atoms with Gasteiger partial charge in [0, 0.05) is 31.1 Å². The van der Waals surface area contributed by atoms with E-state index in [2.05, 4.69) is 46.1 Å². The Morgan fingerprint density at radius 2 is 2.00 bits per heavy atom. The van der Waals surface area contributed by atoms with Gasteiger partial charge in [0.05, 0.1) is 12.6 Å². The summed E-state index contributed by atoms with van der Waals surface area (Å²) in [6, 6.07) is 6.56. The van der Waals surface area contributed by atoms with Crippen molar-refractivity contribution in [2.75, 3.05) is 13.1 Å². The Balaban J connectivity index is 1.88. The number of aliphatic imine (C=N–C) groups is 1. The Bertz CT molecular complexity index is 652. The normalized spacial score (nSPS) is 15.0. The average Bonchev–Trinajstić information content (AvgIpc) is 3.13. The van der Waals surface area contributed by atoms with Crippen molar-refractivity contribution in [2.24, 2.45) is 4.99 Å². The number of rotatable bonds is 9. The highest BCUT2D eigenvalue weighted by atomic mass is 16.5. The molecule has 1 aliphatic rings. The van der Waals surface area contributed by atoms with Crippen LogP contribution >= 0.6 is 0 Å². The van der Waals surface area contributed by atoms with Gasteiger partial charge in [-0.3, -0.25) is 4.79 Å². The molecule has 0 aliphatic heterocycles. The number of hydrogen-bond acceptors (Lipinski definition) is 3. The SMILES string of the molecule is CCNC(=NCc1ccc(C)cc1OC(C)C)NCCC(=O)NC1CCCC1. The number of hydrogen-bond donors (Lipinski definition) is 3. The van der Waals surface area contributed by atoms with Gasteiger partial charge in [0.15, 0.2) is 5.96 Å². The molecule has 3 N–H and O–H groups in total. The summed E-state index contributed by atoms with van der Waals surface area (Å²) in [6.07, 6.45) is 5.24. The van der Waals surface area contributed by atoms with Crippen molar-refractivity contribution >= 4 is 11.9 Å². The summed E-state index contributed by atoms with van der Waals surface area (Å²) < 4.78 is 5.93. The molecule has 1 fully saturated rings. The molecule has 0 bridgehead atoms. The molecule has 1 saturated carbocycles. The molecular formula is C22H36N4O2. The molecule has 0 spiro atoms. The maximum absolute atomic E-state index is 12.1. The first-order valence-electron chi connectivity index (χ1n) is 10.6. The molecule has 6 heteroatoms. The minimum Gasteiger partial charge on any atom is -0.491 e. The number of nitrogens with one attached hydrogen (secondary N) is 3. The molecule has 0 saturated heterocycles. The van der Waals surface area contributed by atoms with Crippen LogP contribution < -0.4 is 20.7 Å². The standard InChI is InChI=1S/C22H36N4O2/c1-5-23-22(24-13-12-21(27)26-19-8-6-7-9-19)25-15-18-11-10-17(4)14-20(18)28-16(2)3/h10-11,14,16,19H,5-9,12-13,15H2,1-4H3,(H,26,27)(H2,23,24,25). The summed E-state index contributed by atoms with van der Waals surface area (Å²) in [4.78, 5) is 16.7. The zero-order valence-corrected chi connectivity index (χ0v) is 17.8. The molecule has 6 nitrogen and oxygen atoms in total. The molecule has 0 atom stereocenters. The predicted octanol–water partition coefficient (Wildman–Crippen LogP) is 3.29. The third-order valence-electron chi connectivity index (χ3n) is 4.70. The Kier molecular flexibility index (Phi) is 9.11. The van der Waals surface area contributed by atoms with E-state index < -0.39 is 0 Å². The highest BCUT2D eigenvalue weighted by Crippen LogP contribution is 2.22. The highest BCUT2D eigenvalue weighted by molar-refractivity contribution is 5.81. The van der Waals surface area contributed by atoms with Crippen LogP contribution in [-0.4, -0.2) is 37.1 Å². The van der Waals surface area contributed by atoms with Gasteiger partial charge in [-0.05, 0) is 52.2 Å². The molecule has 2 rings (SSSR count). The van der Waals surface area contributed by atoms with Gasteiger partial charge in [-0.2, -0.15) is 0 Å². The van der Waals surface area contributed by atoms with Crippen LogP contribution in [0.2, 0.25) is 0 Å². The van der Waals surface area contributed by atoms with Crippen molar-refractivity contribution < 1.29 is 9.53 Å². The summed E-state index contributed by atoms with van der Waals surface area (Å²) in [5.74, 6) is 1.71. The van der Waals surface area contributed by atoms with Crippen molar-refractivity contribution in [3.05, 3.63) is 29.3 Å². The van der Waals surface area contributed by atoms with E-state index in [0.29, 0.717) is 31.5 Å². The Morgan fingerprint density at radius 1 is 1.25 bits per heavy atom. The lowest BCUT2D eigenvalue weighted by Crippen LogP contribution is -2.40. The fourth-order valence-electron chi connectivity index (χ4n) is 3.33. The lowest BCUT2D eigenvalue weighted by molar-refractivity contribution is -0.121. The molecule has 0 heterocycles. The van der Waals surface area contributed by atoms with Gasteiger partial charge >= 0.3 is 0 Å². The Morgan fingerprint density at radius 3 is 2.68 bits per heavy atom. The van der Waals surface area contributed by atoms with Crippen molar-refractivity contribution in [2.45, 2.75) is 78.5 Å². The Hall–Kier alpha value is -2.24. The largest absolute Gasteiger partial charge is 0.491 e. The number of nitrogens with zero attached hydrogens (tertiary/aromatic N) is 1. The Labute approximate surface area is 169 Å². The topological polar surface area (TPSA) is 74.8 Å². The minimum absolute atomic E-state index is 0.112. The molecular weight excluding hydrogens is 352 g/mol. The molecule has 1 aromatic carbocycles. The van der Waals surface area contributed by atoms with Gasteiger partial charge in [-0.25, -0.2) is 4.99 Å². The number of ether oxygens (including phenoxy) is 1. The highest BCUT2D eigenvalue weighted by Gasteiger charge is 2.16. The van der Waals surface area contributed by atoms with Crippen LogP contribution in [0.25, 0.3) is 0 Å². The molecule has 28 heavy (non-hydrogen) atoms. The average molecular weight is 389 g/mol. The van der Waals surface area contributed by atoms with Crippen molar-refractivity contribution in [1.29, 1.82) is 0 Å². The second-order valence-corrected chi connectivity index (χ2v) is 7.70. The molecule has 0 radical (unpaired) electrons. The summed E-state index contributed by atoms with van der Waals surface area (Å²) in [6.45, 7) is 9.99. The van der Waals surface area contributed by atoms with Gasteiger partial charge in [0.1, 0.15) is 5.75 Å². The first-order valence-corrected chi connectivity index (χ1v) is 10.6. The van der Waals surface area contributed by atoms with Crippen LogP contribution in [0.4, 0.5) is 0 Å². The van der Waals surface area contributed by atoms with E-state index >= 15 is 0 Å². The predicted molar refractivity (Wildman–Crippen MR) is 115 cm³/mol. The van der Waals surface area contributed by atoms with E-state index in [1.165, 1.54) is 18.4 Å². The first kappa shape index (κ1) is 22.1. The van der Waals surface area contributed by atoms with E-state index in [-0.39, 0.29) is 12.0 Å². The fraction of sp³-hybridized carbons (Fsp3) is 0.636. The summed E-state index contributed by atoms with van der Waals surface area (Å²) in [5, 5.41) is 9.61.